The van der Waals surface area contributed by atoms with Crippen LogP contribution in [0.5, 0.6) is 0 Å². The van der Waals surface area contributed by atoms with E-state index in [0.717, 1.165) is 12.0 Å². The molecule has 1 saturated carbocycles. The lowest BCUT2D eigenvalue weighted by atomic mass is 10.0. The van der Waals surface area contributed by atoms with Gasteiger partial charge in [-0.2, -0.15) is 0 Å². The van der Waals surface area contributed by atoms with E-state index in [4.69, 9.17) is 0 Å². The minimum Gasteiger partial charge on any atom is -0.212 e. The Bertz CT molecular complexity index is 525. The minimum absolute atomic E-state index is 0.0663. The van der Waals surface area contributed by atoms with E-state index in [1.54, 1.807) is 0 Å². The molecule has 1 aliphatic carbocycles. The molecule has 1 aromatic rings. The second-order valence-electron chi connectivity index (χ2n) is 6.38. The number of hydrogen-bond donors (Lipinski definition) is 1. The fraction of sp³-hybridized carbons (Fsp3) is 0.625. The maximum atomic E-state index is 12.2. The molecular formula is C16H25NO2S. The first kappa shape index (κ1) is 15.5. The fourth-order valence-electron chi connectivity index (χ4n) is 2.52. The fourth-order valence-corrected chi connectivity index (χ4v) is 4.12. The molecule has 20 heavy (non-hydrogen) atoms. The van der Waals surface area contributed by atoms with Crippen molar-refractivity contribution in [3.63, 3.8) is 0 Å². The van der Waals surface area contributed by atoms with Crippen molar-refractivity contribution in [2.45, 2.75) is 39.7 Å². The molecule has 3 unspecified atom stereocenters. The lowest BCUT2D eigenvalue weighted by Crippen LogP contribution is -2.32. The van der Waals surface area contributed by atoms with E-state index < -0.39 is 10.0 Å². The molecule has 0 aliphatic heterocycles. The Hall–Kier alpha value is -0.870. The van der Waals surface area contributed by atoms with Gasteiger partial charge in [-0.3, -0.25) is 0 Å². The number of sulfonamides is 1. The second kappa shape index (κ2) is 6.27. The van der Waals surface area contributed by atoms with Crippen LogP contribution in [0.2, 0.25) is 0 Å². The molecule has 0 aromatic heterocycles. The molecule has 1 aliphatic rings. The summed E-state index contributed by atoms with van der Waals surface area (Å²) in [4.78, 5) is 0. The average molecular weight is 295 g/mol. The van der Waals surface area contributed by atoms with Crippen molar-refractivity contribution in [2.24, 2.45) is 17.8 Å². The molecule has 2 rings (SSSR count). The van der Waals surface area contributed by atoms with Gasteiger partial charge in [0, 0.05) is 6.04 Å². The van der Waals surface area contributed by atoms with Crippen LogP contribution in [0.25, 0.3) is 0 Å². The summed E-state index contributed by atoms with van der Waals surface area (Å²) in [5.74, 6) is 1.66. The van der Waals surface area contributed by atoms with E-state index in [1.807, 2.05) is 44.2 Å². The van der Waals surface area contributed by atoms with Gasteiger partial charge in [-0.15, -0.1) is 0 Å². The summed E-state index contributed by atoms with van der Waals surface area (Å²) in [5.41, 5.74) is 1.08. The van der Waals surface area contributed by atoms with Crippen LogP contribution in [0, 0.1) is 17.8 Å². The van der Waals surface area contributed by atoms with Gasteiger partial charge < -0.3 is 0 Å². The predicted octanol–water partition coefficient (Wildman–Crippen LogP) is 3.35. The van der Waals surface area contributed by atoms with Crippen molar-refractivity contribution in [1.29, 1.82) is 0 Å². The molecule has 0 spiro atoms. The molecule has 1 fully saturated rings. The van der Waals surface area contributed by atoms with Crippen molar-refractivity contribution < 1.29 is 8.42 Å². The average Bonchev–Trinajstić information content (AvgIpc) is 3.12. The van der Waals surface area contributed by atoms with Gasteiger partial charge in [0.25, 0.3) is 0 Å². The third kappa shape index (κ3) is 4.32. The smallest absolute Gasteiger partial charge is 0.212 e. The topological polar surface area (TPSA) is 46.2 Å². The number of hydrogen-bond acceptors (Lipinski definition) is 2. The van der Waals surface area contributed by atoms with Crippen molar-refractivity contribution in [3.05, 3.63) is 35.9 Å². The maximum Gasteiger partial charge on any atom is 0.212 e. The summed E-state index contributed by atoms with van der Waals surface area (Å²) in [6.45, 7) is 6.28. The Morgan fingerprint density at radius 3 is 2.35 bits per heavy atom. The predicted molar refractivity (Wildman–Crippen MR) is 82.8 cm³/mol. The highest BCUT2D eigenvalue weighted by molar-refractivity contribution is 7.89. The summed E-state index contributed by atoms with van der Waals surface area (Å²) >= 11 is 0. The Kier molecular flexibility index (Phi) is 4.86. The van der Waals surface area contributed by atoms with Crippen LogP contribution < -0.4 is 4.72 Å². The highest BCUT2D eigenvalue weighted by Gasteiger charge is 2.41. The zero-order valence-corrected chi connectivity index (χ0v) is 13.4. The number of benzene rings is 1. The first-order chi connectivity index (χ1) is 9.39. The first-order valence-corrected chi connectivity index (χ1v) is 9.09. The standard InChI is InChI=1S/C16H25NO2S/c1-12(2)9-10-20(18,19)17-16(15-11-13(15)3)14-7-5-4-6-8-14/h4-8,12-13,15-17H,9-11H2,1-3H3. The monoisotopic (exact) mass is 295 g/mol. The van der Waals surface area contributed by atoms with Gasteiger partial charge in [0.1, 0.15) is 0 Å². The molecule has 0 radical (unpaired) electrons. The van der Waals surface area contributed by atoms with Gasteiger partial charge in [-0.1, -0.05) is 51.1 Å². The molecule has 1 aromatic carbocycles. The van der Waals surface area contributed by atoms with Crippen molar-refractivity contribution in [2.75, 3.05) is 5.75 Å². The van der Waals surface area contributed by atoms with Gasteiger partial charge in [-0.25, -0.2) is 13.1 Å². The highest BCUT2D eigenvalue weighted by atomic mass is 32.2. The Labute approximate surface area is 122 Å². The van der Waals surface area contributed by atoms with Crippen molar-refractivity contribution in [1.82, 2.24) is 4.72 Å². The summed E-state index contributed by atoms with van der Waals surface area (Å²) in [6.07, 6.45) is 1.81. The van der Waals surface area contributed by atoms with Crippen LogP contribution in [0.1, 0.15) is 45.2 Å². The van der Waals surface area contributed by atoms with Crippen LogP contribution in [0.4, 0.5) is 0 Å². The van der Waals surface area contributed by atoms with Crippen molar-refractivity contribution in [3.8, 4) is 0 Å². The lowest BCUT2D eigenvalue weighted by Gasteiger charge is -2.19. The minimum atomic E-state index is -3.20. The Morgan fingerprint density at radius 2 is 1.85 bits per heavy atom. The normalized spacial score (nSPS) is 23.8. The van der Waals surface area contributed by atoms with Crippen LogP contribution in [0.15, 0.2) is 30.3 Å². The van der Waals surface area contributed by atoms with Crippen LogP contribution >= 0.6 is 0 Å². The van der Waals surface area contributed by atoms with Crippen molar-refractivity contribution >= 4 is 10.0 Å². The zero-order valence-electron chi connectivity index (χ0n) is 12.5. The van der Waals surface area contributed by atoms with Crippen LogP contribution in [-0.4, -0.2) is 14.2 Å². The SMILES string of the molecule is CC(C)CCS(=O)(=O)NC(c1ccccc1)C1CC1C. The molecule has 0 heterocycles. The number of nitrogens with one attached hydrogen (secondary N) is 1. The molecule has 3 nitrogen and oxygen atoms in total. The molecular weight excluding hydrogens is 270 g/mol. The molecule has 1 N–H and O–H groups in total. The third-order valence-electron chi connectivity index (χ3n) is 4.03. The highest BCUT2D eigenvalue weighted by Crippen LogP contribution is 2.47. The van der Waals surface area contributed by atoms with E-state index in [2.05, 4.69) is 11.6 Å². The second-order valence-corrected chi connectivity index (χ2v) is 8.26. The van der Waals surface area contributed by atoms with E-state index >= 15 is 0 Å². The lowest BCUT2D eigenvalue weighted by molar-refractivity contribution is 0.507. The summed E-state index contributed by atoms with van der Waals surface area (Å²) < 4.78 is 27.4. The number of rotatable bonds is 7. The summed E-state index contributed by atoms with van der Waals surface area (Å²) in [6, 6.07) is 9.87. The van der Waals surface area contributed by atoms with Crippen LogP contribution in [0.3, 0.4) is 0 Å². The molecule has 0 amide bonds. The van der Waals surface area contributed by atoms with E-state index in [-0.39, 0.29) is 11.8 Å². The maximum absolute atomic E-state index is 12.2. The summed E-state index contributed by atoms with van der Waals surface area (Å²) in [7, 11) is -3.20. The van der Waals surface area contributed by atoms with Gasteiger partial charge >= 0.3 is 0 Å². The largest absolute Gasteiger partial charge is 0.212 e. The molecule has 3 atom stereocenters. The Morgan fingerprint density at radius 1 is 1.25 bits per heavy atom. The van der Waals surface area contributed by atoms with Gasteiger partial charge in [0.2, 0.25) is 10.0 Å². The zero-order chi connectivity index (χ0) is 14.8. The molecule has 0 bridgehead atoms. The first-order valence-electron chi connectivity index (χ1n) is 7.44. The van der Waals surface area contributed by atoms with E-state index in [9.17, 15) is 8.42 Å². The van der Waals surface area contributed by atoms with Gasteiger partial charge in [0.05, 0.1) is 5.75 Å². The molecule has 112 valence electrons. The van der Waals surface area contributed by atoms with E-state index in [1.165, 1.54) is 0 Å². The summed E-state index contributed by atoms with van der Waals surface area (Å²) in [5, 5.41) is 0. The van der Waals surface area contributed by atoms with Gasteiger partial charge in [0.15, 0.2) is 0 Å². The molecule has 4 heteroatoms. The third-order valence-corrected chi connectivity index (χ3v) is 5.42. The molecule has 0 saturated heterocycles. The quantitative estimate of drug-likeness (QED) is 0.838. The van der Waals surface area contributed by atoms with E-state index in [0.29, 0.717) is 24.2 Å². The van der Waals surface area contributed by atoms with Crippen LogP contribution in [-0.2, 0) is 10.0 Å². The van der Waals surface area contributed by atoms with Gasteiger partial charge in [-0.05, 0) is 36.2 Å². The Balaban J connectivity index is 2.09.